The summed E-state index contributed by atoms with van der Waals surface area (Å²) in [5.41, 5.74) is 2.39. The first-order valence-corrected chi connectivity index (χ1v) is 14.1. The first-order chi connectivity index (χ1) is 17.7. The van der Waals surface area contributed by atoms with Crippen molar-refractivity contribution in [1.82, 2.24) is 19.0 Å². The van der Waals surface area contributed by atoms with Gasteiger partial charge in [-0.3, -0.25) is 14.5 Å². The summed E-state index contributed by atoms with van der Waals surface area (Å²) in [4.78, 5) is 25.5. The van der Waals surface area contributed by atoms with Crippen LogP contribution in [0.1, 0.15) is 18.4 Å². The molecule has 2 fully saturated rings. The van der Waals surface area contributed by atoms with Crippen LogP contribution in [0.4, 0.5) is 0 Å². The van der Waals surface area contributed by atoms with Gasteiger partial charge in [0, 0.05) is 30.4 Å². The lowest BCUT2D eigenvalue weighted by Crippen LogP contribution is -2.33. The molecule has 12 heteroatoms. The van der Waals surface area contributed by atoms with E-state index in [9.17, 15) is 18.0 Å². The zero-order valence-corrected chi connectivity index (χ0v) is 21.9. The fourth-order valence-corrected chi connectivity index (χ4v) is 7.03. The van der Waals surface area contributed by atoms with Crippen molar-refractivity contribution < 1.29 is 23.1 Å². The second-order valence-electron chi connectivity index (χ2n) is 8.51. The highest BCUT2D eigenvalue weighted by atomic mass is 32.2. The van der Waals surface area contributed by atoms with Crippen molar-refractivity contribution in [2.75, 3.05) is 19.6 Å². The highest BCUT2D eigenvalue weighted by Crippen LogP contribution is 2.35. The largest absolute Gasteiger partial charge is 0.480 e. The maximum absolute atomic E-state index is 13.2. The second kappa shape index (κ2) is 10.2. The molecule has 5 rings (SSSR count). The van der Waals surface area contributed by atoms with Crippen LogP contribution in [0.25, 0.3) is 23.0 Å². The van der Waals surface area contributed by atoms with Gasteiger partial charge in [-0.15, -0.1) is 0 Å². The van der Waals surface area contributed by atoms with Gasteiger partial charge in [0.05, 0.1) is 15.5 Å². The first kappa shape index (κ1) is 25.3. The number of carboxylic acids is 1. The highest BCUT2D eigenvalue weighted by Gasteiger charge is 2.34. The Bertz CT molecular complexity index is 1530. The molecule has 0 bridgehead atoms. The van der Waals surface area contributed by atoms with Gasteiger partial charge in [-0.1, -0.05) is 54.3 Å². The minimum absolute atomic E-state index is 0.161. The number of thioether (sulfide) groups is 1. The van der Waals surface area contributed by atoms with Crippen molar-refractivity contribution in [1.29, 1.82) is 0 Å². The van der Waals surface area contributed by atoms with Crippen molar-refractivity contribution >= 4 is 56.3 Å². The SMILES string of the molecule is O=C(O)CN1C(=O)/C(=C/c2cn(-c3ccccc3)nc2-c2cccc(S(=O)(=O)N3CCCC3)c2)SC1=S. The molecule has 0 aliphatic carbocycles. The van der Waals surface area contributed by atoms with Gasteiger partial charge in [0.15, 0.2) is 0 Å². The number of hydrogen-bond donors (Lipinski definition) is 1. The minimum Gasteiger partial charge on any atom is -0.480 e. The molecule has 1 N–H and O–H groups in total. The third kappa shape index (κ3) is 5.10. The fraction of sp³-hybridized carbons (Fsp3) is 0.200. The monoisotopic (exact) mass is 554 g/mol. The summed E-state index contributed by atoms with van der Waals surface area (Å²) in [6.45, 7) is 0.478. The standard InChI is InChI=1S/C25H22N4O5S3/c30-22(31)16-28-24(32)21(36-25(28)35)14-18-15-29(19-8-2-1-3-9-19)26-23(18)17-7-6-10-20(13-17)37(33,34)27-11-4-5-12-27/h1-3,6-10,13-15H,4-5,11-12,16H2,(H,30,31)/b21-14-. The number of thiocarbonyl (C=S) groups is 1. The first-order valence-electron chi connectivity index (χ1n) is 11.5. The molecule has 0 unspecified atom stereocenters. The Kier molecular flexibility index (Phi) is 6.99. The molecule has 0 atom stereocenters. The molecule has 2 aliphatic heterocycles. The van der Waals surface area contributed by atoms with Gasteiger partial charge in [-0.05, 0) is 43.2 Å². The van der Waals surface area contributed by atoms with Crippen LogP contribution < -0.4 is 0 Å². The van der Waals surface area contributed by atoms with Gasteiger partial charge in [0.25, 0.3) is 5.91 Å². The number of carboxylic acid groups (broad SMARTS) is 1. The Morgan fingerprint density at radius 3 is 2.54 bits per heavy atom. The average molecular weight is 555 g/mol. The average Bonchev–Trinajstić information content (AvgIpc) is 3.63. The zero-order valence-electron chi connectivity index (χ0n) is 19.5. The van der Waals surface area contributed by atoms with Crippen LogP contribution >= 0.6 is 24.0 Å². The third-order valence-electron chi connectivity index (χ3n) is 6.03. The van der Waals surface area contributed by atoms with Crippen LogP contribution in [0.3, 0.4) is 0 Å². The number of nitrogens with zero attached hydrogens (tertiary/aromatic N) is 4. The number of hydrogen-bond acceptors (Lipinski definition) is 7. The summed E-state index contributed by atoms with van der Waals surface area (Å²) >= 11 is 6.24. The van der Waals surface area contributed by atoms with Crippen LogP contribution in [-0.4, -0.2) is 68.3 Å². The van der Waals surface area contributed by atoms with E-state index in [0.29, 0.717) is 29.9 Å². The topological polar surface area (TPSA) is 113 Å². The summed E-state index contributed by atoms with van der Waals surface area (Å²) in [6, 6.07) is 16.0. The van der Waals surface area contributed by atoms with Crippen LogP contribution in [-0.2, 0) is 19.6 Å². The van der Waals surface area contributed by atoms with Crippen molar-refractivity contribution in [3.8, 4) is 16.9 Å². The van der Waals surface area contributed by atoms with E-state index in [1.807, 2.05) is 30.3 Å². The minimum atomic E-state index is -3.64. The van der Waals surface area contributed by atoms with Crippen LogP contribution in [0.5, 0.6) is 0 Å². The quantitative estimate of drug-likeness (QED) is 0.348. The lowest BCUT2D eigenvalue weighted by molar-refractivity contribution is -0.140. The van der Waals surface area contributed by atoms with Crippen molar-refractivity contribution in [2.24, 2.45) is 0 Å². The Balaban J connectivity index is 1.59. The molecule has 2 saturated heterocycles. The number of para-hydroxylation sites is 1. The molecule has 3 heterocycles. The van der Waals surface area contributed by atoms with E-state index in [-0.39, 0.29) is 14.1 Å². The Labute approximate surface area is 223 Å². The van der Waals surface area contributed by atoms with Gasteiger partial charge in [0.1, 0.15) is 16.6 Å². The Morgan fingerprint density at radius 2 is 1.84 bits per heavy atom. The van der Waals surface area contributed by atoms with E-state index in [4.69, 9.17) is 22.4 Å². The van der Waals surface area contributed by atoms with Crippen LogP contribution in [0.2, 0.25) is 0 Å². The van der Waals surface area contributed by atoms with E-state index in [0.717, 1.165) is 35.2 Å². The predicted molar refractivity (Wildman–Crippen MR) is 145 cm³/mol. The van der Waals surface area contributed by atoms with Crippen molar-refractivity contribution in [2.45, 2.75) is 17.7 Å². The number of amides is 1. The van der Waals surface area contributed by atoms with Crippen molar-refractivity contribution in [3.63, 3.8) is 0 Å². The molecule has 0 saturated carbocycles. The summed E-state index contributed by atoms with van der Waals surface area (Å²) in [7, 11) is -3.64. The van der Waals surface area contributed by atoms with Gasteiger partial charge in [-0.25, -0.2) is 13.1 Å². The maximum atomic E-state index is 13.2. The highest BCUT2D eigenvalue weighted by molar-refractivity contribution is 8.26. The smallest absolute Gasteiger partial charge is 0.323 e. The van der Waals surface area contributed by atoms with E-state index in [1.54, 1.807) is 41.2 Å². The molecule has 0 spiro atoms. The van der Waals surface area contributed by atoms with E-state index < -0.39 is 28.4 Å². The summed E-state index contributed by atoms with van der Waals surface area (Å²) in [5, 5.41) is 13.9. The summed E-state index contributed by atoms with van der Waals surface area (Å²) < 4.78 is 29.7. The van der Waals surface area contributed by atoms with Crippen LogP contribution in [0, 0.1) is 0 Å². The molecule has 37 heavy (non-hydrogen) atoms. The van der Waals surface area contributed by atoms with Gasteiger partial charge >= 0.3 is 5.97 Å². The summed E-state index contributed by atoms with van der Waals surface area (Å²) in [5.74, 6) is -1.66. The van der Waals surface area contributed by atoms with Crippen LogP contribution in [0.15, 0.2) is 70.6 Å². The molecule has 0 radical (unpaired) electrons. The number of aromatic nitrogens is 2. The maximum Gasteiger partial charge on any atom is 0.323 e. The lowest BCUT2D eigenvalue weighted by Gasteiger charge is -2.16. The Morgan fingerprint density at radius 1 is 1.11 bits per heavy atom. The van der Waals surface area contributed by atoms with E-state index in [2.05, 4.69) is 0 Å². The van der Waals surface area contributed by atoms with Gasteiger partial charge in [-0.2, -0.15) is 9.40 Å². The number of carbonyl (C=O) groups is 2. The lowest BCUT2D eigenvalue weighted by atomic mass is 10.1. The molecule has 3 aromatic rings. The molecule has 1 amide bonds. The van der Waals surface area contributed by atoms with Gasteiger partial charge < -0.3 is 5.11 Å². The third-order valence-corrected chi connectivity index (χ3v) is 9.30. The molecule has 190 valence electrons. The number of benzene rings is 2. The summed E-state index contributed by atoms with van der Waals surface area (Å²) in [6.07, 6.45) is 5.04. The predicted octanol–water partition coefficient (Wildman–Crippen LogP) is 3.61. The second-order valence-corrected chi connectivity index (χ2v) is 12.1. The zero-order chi connectivity index (χ0) is 26.2. The molecule has 1 aromatic heterocycles. The number of aliphatic carboxylic acids is 1. The Hall–Kier alpha value is -3.32. The number of carbonyl (C=O) groups excluding carboxylic acids is 1. The fourth-order valence-electron chi connectivity index (χ4n) is 4.22. The van der Waals surface area contributed by atoms with E-state index >= 15 is 0 Å². The molecule has 9 nitrogen and oxygen atoms in total. The van der Waals surface area contributed by atoms with Crippen molar-refractivity contribution in [3.05, 3.63) is 71.3 Å². The molecular weight excluding hydrogens is 532 g/mol. The molecule has 2 aliphatic rings. The number of rotatable bonds is 7. The molecule has 2 aromatic carbocycles. The molecular formula is C25H22N4O5S3. The normalized spacial score (nSPS) is 17.7. The number of sulfonamides is 1. The van der Waals surface area contributed by atoms with E-state index in [1.165, 1.54) is 4.31 Å². The van der Waals surface area contributed by atoms with Gasteiger partial charge in [0.2, 0.25) is 10.0 Å².